The second-order valence-corrected chi connectivity index (χ2v) is 3.65. The molecule has 0 aliphatic rings. The zero-order chi connectivity index (χ0) is 12.2. The Morgan fingerprint density at radius 3 is 3.06 bits per heavy atom. The van der Waals surface area contributed by atoms with Gasteiger partial charge in [-0.25, -0.2) is 9.67 Å². The van der Waals surface area contributed by atoms with E-state index < -0.39 is 0 Å². The summed E-state index contributed by atoms with van der Waals surface area (Å²) in [5, 5.41) is 7.25. The van der Waals surface area contributed by atoms with Crippen LogP contribution in [-0.2, 0) is 6.54 Å². The summed E-state index contributed by atoms with van der Waals surface area (Å²) >= 11 is 0. The summed E-state index contributed by atoms with van der Waals surface area (Å²) in [5.41, 5.74) is 0. The van der Waals surface area contributed by atoms with Crippen LogP contribution in [0.25, 0.3) is 5.82 Å². The molecule has 3 rings (SSSR count). The largest absolute Gasteiger partial charge is 0.467 e. The molecule has 3 aromatic rings. The molecule has 0 radical (unpaired) electrons. The molecule has 0 spiro atoms. The van der Waals surface area contributed by atoms with Crippen molar-refractivity contribution in [1.82, 2.24) is 19.7 Å². The van der Waals surface area contributed by atoms with E-state index in [0.29, 0.717) is 18.2 Å². The highest BCUT2D eigenvalue weighted by Crippen LogP contribution is 2.08. The van der Waals surface area contributed by atoms with Gasteiger partial charge in [0.1, 0.15) is 11.6 Å². The quantitative estimate of drug-likeness (QED) is 0.755. The van der Waals surface area contributed by atoms with Gasteiger partial charge in [-0.1, -0.05) is 0 Å². The molecule has 0 atom stereocenters. The maximum absolute atomic E-state index is 5.23. The molecule has 0 bridgehead atoms. The van der Waals surface area contributed by atoms with Crippen molar-refractivity contribution in [3.63, 3.8) is 0 Å². The smallest absolute Gasteiger partial charge is 0.173 e. The summed E-state index contributed by atoms with van der Waals surface area (Å²) < 4.78 is 6.89. The van der Waals surface area contributed by atoms with Crippen LogP contribution in [0.3, 0.4) is 0 Å². The lowest BCUT2D eigenvalue weighted by Crippen LogP contribution is -2.05. The normalized spacial score (nSPS) is 10.4. The highest BCUT2D eigenvalue weighted by molar-refractivity contribution is 5.35. The van der Waals surface area contributed by atoms with E-state index in [1.54, 1.807) is 29.5 Å². The maximum Gasteiger partial charge on any atom is 0.173 e. The van der Waals surface area contributed by atoms with Crippen molar-refractivity contribution in [2.45, 2.75) is 6.54 Å². The lowest BCUT2D eigenvalue weighted by atomic mass is 10.4. The van der Waals surface area contributed by atoms with Crippen LogP contribution < -0.4 is 5.32 Å². The molecular formula is C12H11N5O. The number of hydrogen-bond acceptors (Lipinski definition) is 5. The Labute approximate surface area is 103 Å². The SMILES string of the molecule is c1coc(CNc2cncc(-n3cccn3)n2)c1. The van der Waals surface area contributed by atoms with Gasteiger partial charge in [0.05, 0.1) is 25.2 Å². The third-order valence-electron chi connectivity index (χ3n) is 2.38. The molecule has 0 unspecified atom stereocenters. The second kappa shape index (κ2) is 4.70. The van der Waals surface area contributed by atoms with Crippen LogP contribution in [0.4, 0.5) is 5.82 Å². The van der Waals surface area contributed by atoms with Crippen LogP contribution in [0.2, 0.25) is 0 Å². The van der Waals surface area contributed by atoms with E-state index in [-0.39, 0.29) is 0 Å². The molecule has 6 heteroatoms. The summed E-state index contributed by atoms with van der Waals surface area (Å²) in [6, 6.07) is 5.59. The lowest BCUT2D eigenvalue weighted by molar-refractivity contribution is 0.517. The van der Waals surface area contributed by atoms with E-state index in [1.807, 2.05) is 24.4 Å². The summed E-state index contributed by atoms with van der Waals surface area (Å²) in [4.78, 5) is 8.52. The number of anilines is 1. The average molecular weight is 241 g/mol. The van der Waals surface area contributed by atoms with E-state index in [1.165, 1.54) is 0 Å². The van der Waals surface area contributed by atoms with Gasteiger partial charge in [0.25, 0.3) is 0 Å². The average Bonchev–Trinajstić information content (AvgIpc) is 3.10. The fourth-order valence-electron chi connectivity index (χ4n) is 1.55. The first-order valence-electron chi connectivity index (χ1n) is 5.50. The van der Waals surface area contributed by atoms with Gasteiger partial charge in [0, 0.05) is 12.4 Å². The molecule has 6 nitrogen and oxygen atoms in total. The van der Waals surface area contributed by atoms with Gasteiger partial charge in [-0.15, -0.1) is 0 Å². The molecule has 90 valence electrons. The first kappa shape index (κ1) is 10.5. The van der Waals surface area contributed by atoms with Crippen molar-refractivity contribution in [2.75, 3.05) is 5.32 Å². The summed E-state index contributed by atoms with van der Waals surface area (Å²) in [6.07, 6.45) is 8.48. The van der Waals surface area contributed by atoms with Crippen LogP contribution in [-0.4, -0.2) is 19.7 Å². The summed E-state index contributed by atoms with van der Waals surface area (Å²) in [6.45, 7) is 0.574. The van der Waals surface area contributed by atoms with Crippen LogP contribution in [0, 0.1) is 0 Å². The fraction of sp³-hybridized carbons (Fsp3) is 0.0833. The number of nitrogens with zero attached hydrogens (tertiary/aromatic N) is 4. The Morgan fingerprint density at radius 2 is 2.28 bits per heavy atom. The van der Waals surface area contributed by atoms with Crippen molar-refractivity contribution in [1.29, 1.82) is 0 Å². The van der Waals surface area contributed by atoms with Crippen molar-refractivity contribution < 1.29 is 4.42 Å². The molecule has 0 saturated heterocycles. The lowest BCUT2D eigenvalue weighted by Gasteiger charge is -2.05. The minimum Gasteiger partial charge on any atom is -0.467 e. The summed E-state index contributed by atoms with van der Waals surface area (Å²) in [7, 11) is 0. The Hall–Kier alpha value is -2.63. The predicted molar refractivity (Wildman–Crippen MR) is 65.2 cm³/mol. The van der Waals surface area contributed by atoms with E-state index in [9.17, 15) is 0 Å². The highest BCUT2D eigenvalue weighted by Gasteiger charge is 2.01. The molecule has 3 aromatic heterocycles. The fourth-order valence-corrected chi connectivity index (χ4v) is 1.55. The predicted octanol–water partition coefficient (Wildman–Crippen LogP) is 1.87. The molecule has 0 amide bonds. The van der Waals surface area contributed by atoms with Gasteiger partial charge < -0.3 is 9.73 Å². The standard InChI is InChI=1S/C12H11N5O/c1-3-10(18-6-1)7-14-11-8-13-9-12(16-11)17-5-2-4-15-17/h1-6,8-9H,7H2,(H,14,16). The van der Waals surface area contributed by atoms with Crippen molar-refractivity contribution in [2.24, 2.45) is 0 Å². The van der Waals surface area contributed by atoms with E-state index in [4.69, 9.17) is 4.42 Å². The number of hydrogen-bond donors (Lipinski definition) is 1. The van der Waals surface area contributed by atoms with Gasteiger partial charge in [-0.2, -0.15) is 5.10 Å². The Bertz CT molecular complexity index is 603. The first-order chi connectivity index (χ1) is 8.92. The van der Waals surface area contributed by atoms with Crippen molar-refractivity contribution >= 4 is 5.82 Å². The zero-order valence-corrected chi connectivity index (χ0v) is 9.52. The zero-order valence-electron chi connectivity index (χ0n) is 9.52. The topological polar surface area (TPSA) is 68.8 Å². The van der Waals surface area contributed by atoms with Crippen molar-refractivity contribution in [3.8, 4) is 5.82 Å². The van der Waals surface area contributed by atoms with Crippen LogP contribution in [0.15, 0.2) is 53.7 Å². The molecule has 0 aliphatic heterocycles. The van der Waals surface area contributed by atoms with Gasteiger partial charge in [-0.05, 0) is 18.2 Å². The van der Waals surface area contributed by atoms with E-state index >= 15 is 0 Å². The number of nitrogens with one attached hydrogen (secondary N) is 1. The van der Waals surface area contributed by atoms with E-state index in [2.05, 4.69) is 20.4 Å². The Morgan fingerprint density at radius 1 is 1.28 bits per heavy atom. The molecule has 0 fully saturated rings. The van der Waals surface area contributed by atoms with Crippen LogP contribution in [0.5, 0.6) is 0 Å². The maximum atomic E-state index is 5.23. The van der Waals surface area contributed by atoms with Crippen LogP contribution >= 0.6 is 0 Å². The number of aromatic nitrogens is 4. The molecule has 18 heavy (non-hydrogen) atoms. The molecule has 0 aliphatic carbocycles. The Balaban J connectivity index is 1.75. The molecular weight excluding hydrogens is 230 g/mol. The summed E-state index contributed by atoms with van der Waals surface area (Å²) in [5.74, 6) is 2.20. The number of rotatable bonds is 4. The minimum absolute atomic E-state index is 0.574. The first-order valence-corrected chi connectivity index (χ1v) is 5.50. The molecule has 0 saturated carbocycles. The third kappa shape index (κ3) is 2.22. The Kier molecular flexibility index (Phi) is 2.75. The third-order valence-corrected chi connectivity index (χ3v) is 2.38. The van der Waals surface area contributed by atoms with Crippen molar-refractivity contribution in [3.05, 3.63) is 55.0 Å². The number of furan rings is 1. The molecule has 0 aromatic carbocycles. The van der Waals surface area contributed by atoms with Gasteiger partial charge in [0.2, 0.25) is 0 Å². The van der Waals surface area contributed by atoms with E-state index in [0.717, 1.165) is 5.76 Å². The molecule has 3 heterocycles. The van der Waals surface area contributed by atoms with Gasteiger partial charge in [-0.3, -0.25) is 4.98 Å². The minimum atomic E-state index is 0.574. The monoisotopic (exact) mass is 241 g/mol. The second-order valence-electron chi connectivity index (χ2n) is 3.65. The van der Waals surface area contributed by atoms with Gasteiger partial charge >= 0.3 is 0 Å². The highest BCUT2D eigenvalue weighted by atomic mass is 16.3. The van der Waals surface area contributed by atoms with Gasteiger partial charge in [0.15, 0.2) is 5.82 Å². The van der Waals surface area contributed by atoms with Crippen LogP contribution in [0.1, 0.15) is 5.76 Å². The molecule has 1 N–H and O–H groups in total.